The third-order valence-corrected chi connectivity index (χ3v) is 14.2. The SMILES string of the molecule is COc1ccc2c(O[C@@H]3C[C@H]4C(=O)N[C@]5(C(=O)O)CC5C=CCCCCC[C@H](NC(=O)OC(CN5CCC6=C(C5)C(=O)CC=C6)C(C)(C)C)C(=O)N4C3)cc(-c3csc(NC(C)C)n3)nc2c1. The summed E-state index contributed by atoms with van der Waals surface area (Å²) in [7, 11) is 1.58. The van der Waals surface area contributed by atoms with Crippen LogP contribution >= 0.6 is 11.3 Å². The summed E-state index contributed by atoms with van der Waals surface area (Å²) < 4.78 is 18.5. The molecule has 358 valence electrons. The van der Waals surface area contributed by atoms with E-state index < -0.39 is 59.1 Å². The highest BCUT2D eigenvalue weighted by Crippen LogP contribution is 2.46. The highest BCUT2D eigenvalue weighted by Gasteiger charge is 2.61. The molecule has 17 heteroatoms. The number of fused-ring (bicyclic) bond motifs is 3. The van der Waals surface area contributed by atoms with E-state index in [1.54, 1.807) is 19.2 Å². The monoisotopic (exact) mass is 937 g/mol. The number of alkyl carbamates (subject to hydrolysis) is 1. The summed E-state index contributed by atoms with van der Waals surface area (Å²) in [4.78, 5) is 82.4. The van der Waals surface area contributed by atoms with E-state index in [9.17, 15) is 24.3 Å². The number of nitrogens with zero attached hydrogens (tertiary/aromatic N) is 4. The maximum Gasteiger partial charge on any atom is 0.408 e. The molecule has 3 amide bonds. The Bertz CT molecular complexity index is 2490. The number of ketones is 1. The minimum atomic E-state index is -1.50. The Morgan fingerprint density at radius 3 is 2.66 bits per heavy atom. The average molecular weight is 938 g/mol. The van der Waals surface area contributed by atoms with Gasteiger partial charge in [0.1, 0.15) is 47.0 Å². The van der Waals surface area contributed by atoms with Gasteiger partial charge in [-0.3, -0.25) is 19.3 Å². The number of Topliss-reactive ketones (excluding diaryl/α,β-unsaturated/α-hetero) is 1. The lowest BCUT2D eigenvalue weighted by Gasteiger charge is -2.37. The number of nitrogens with one attached hydrogen (secondary N) is 3. The van der Waals surface area contributed by atoms with Gasteiger partial charge in [0.2, 0.25) is 11.8 Å². The number of carbonyl (C=O) groups is 5. The second-order valence-corrected chi connectivity index (χ2v) is 20.7. The third kappa shape index (κ3) is 10.8. The number of aromatic nitrogens is 2. The Kier molecular flexibility index (Phi) is 14.1. The normalized spacial score (nSPS) is 25.4. The first-order valence-electron chi connectivity index (χ1n) is 23.5. The molecular weight excluding hydrogens is 875 g/mol. The van der Waals surface area contributed by atoms with E-state index in [-0.39, 0.29) is 43.6 Å². The number of anilines is 1. The van der Waals surface area contributed by atoms with Crippen LogP contribution in [0.3, 0.4) is 0 Å². The van der Waals surface area contributed by atoms with Crippen LogP contribution in [0.2, 0.25) is 0 Å². The molecule has 0 bridgehead atoms. The molecule has 0 spiro atoms. The average Bonchev–Trinajstić information content (AvgIpc) is 3.54. The second-order valence-electron chi connectivity index (χ2n) is 19.8. The molecule has 3 aromatic rings. The van der Waals surface area contributed by atoms with Crippen LogP contribution in [0.15, 0.2) is 65.1 Å². The van der Waals surface area contributed by atoms with Gasteiger partial charge in [-0.25, -0.2) is 19.6 Å². The zero-order valence-corrected chi connectivity index (χ0v) is 40.1. The summed E-state index contributed by atoms with van der Waals surface area (Å²) in [6, 6.07) is 5.27. The largest absolute Gasteiger partial charge is 0.497 e. The molecule has 5 aliphatic rings. The van der Waals surface area contributed by atoms with Crippen LogP contribution in [0, 0.1) is 11.3 Å². The van der Waals surface area contributed by atoms with Crippen LogP contribution in [0.5, 0.6) is 11.5 Å². The number of pyridine rings is 1. The van der Waals surface area contributed by atoms with Crippen molar-refractivity contribution >= 4 is 57.0 Å². The van der Waals surface area contributed by atoms with Gasteiger partial charge in [0.15, 0.2) is 10.9 Å². The van der Waals surface area contributed by atoms with Crippen molar-refractivity contribution in [2.75, 3.05) is 38.6 Å². The van der Waals surface area contributed by atoms with E-state index in [1.807, 2.05) is 76.4 Å². The van der Waals surface area contributed by atoms with Crippen molar-refractivity contribution in [2.45, 2.75) is 128 Å². The first-order chi connectivity index (χ1) is 32.0. The van der Waals surface area contributed by atoms with Gasteiger partial charge in [-0.1, -0.05) is 57.9 Å². The van der Waals surface area contributed by atoms with Crippen LogP contribution in [-0.4, -0.2) is 124 Å². The minimum Gasteiger partial charge on any atom is -0.497 e. The van der Waals surface area contributed by atoms with E-state index in [1.165, 1.54) is 16.2 Å². The molecule has 16 nitrogen and oxygen atoms in total. The Labute approximate surface area is 395 Å². The number of carbonyl (C=O) groups excluding carboxylic acids is 4. The fraction of sp³-hybridized carbons (Fsp3) is 0.540. The predicted octanol–water partition coefficient (Wildman–Crippen LogP) is 7.06. The number of hydrogen-bond donors (Lipinski definition) is 4. The fourth-order valence-corrected chi connectivity index (χ4v) is 10.3. The molecule has 5 heterocycles. The first kappa shape index (κ1) is 47.7. The third-order valence-electron chi connectivity index (χ3n) is 13.4. The van der Waals surface area contributed by atoms with Gasteiger partial charge < -0.3 is 40.2 Å². The number of methoxy groups -OCH3 is 1. The number of rotatable bonds is 11. The molecule has 2 fully saturated rings. The molecule has 4 N–H and O–H groups in total. The zero-order valence-electron chi connectivity index (χ0n) is 39.3. The number of ether oxygens (including phenoxy) is 3. The number of allylic oxidation sites excluding steroid dienone is 3. The second kappa shape index (κ2) is 19.8. The molecule has 2 aliphatic carbocycles. The van der Waals surface area contributed by atoms with Gasteiger partial charge >= 0.3 is 12.1 Å². The molecule has 6 atom stereocenters. The van der Waals surface area contributed by atoms with Crippen LogP contribution in [0.1, 0.15) is 92.4 Å². The van der Waals surface area contributed by atoms with Crippen molar-refractivity contribution in [2.24, 2.45) is 11.3 Å². The van der Waals surface area contributed by atoms with Crippen molar-refractivity contribution in [3.63, 3.8) is 0 Å². The van der Waals surface area contributed by atoms with E-state index in [0.29, 0.717) is 72.7 Å². The Hall–Kier alpha value is -5.81. The number of carboxylic acids is 1. The molecule has 8 rings (SSSR count). The molecule has 2 unspecified atom stereocenters. The quantitative estimate of drug-likeness (QED) is 0.143. The standard InChI is InChI=1S/C50H63N7O9S/c1-29(2)51-47-53-39(28-67-47)38-23-42(34-18-17-32(64-6)21-37(34)52-38)65-33-22-40-44(59)55-50(46(61)62)24-31(50)14-10-8-7-9-11-15-36(45(60)57(40)25-33)54-48(63)66-43(49(3,4)5)27-56-20-19-30-13-12-16-41(58)35(30)26-56/h10,12-14,17-18,21,23,28-29,31,33,36,40,43H,7-9,11,15-16,19-20,22,24-27H2,1-6H3,(H,51,53)(H,54,63)(H,55,59)(H,61,62)/t31?,33-,36+,40+,43?,50-/m1/s1. The summed E-state index contributed by atoms with van der Waals surface area (Å²) in [6.07, 6.45) is 10.3. The van der Waals surface area contributed by atoms with Crippen LogP contribution in [-0.2, 0) is 23.9 Å². The Balaban J connectivity index is 1.07. The molecule has 0 radical (unpaired) electrons. The number of benzene rings is 1. The number of carboxylic acid groups (broad SMARTS) is 1. The number of hydrogen-bond acceptors (Lipinski definition) is 13. The summed E-state index contributed by atoms with van der Waals surface area (Å²) in [6.45, 7) is 11.6. The molecule has 3 aliphatic heterocycles. The maximum atomic E-state index is 15.0. The van der Waals surface area contributed by atoms with Crippen molar-refractivity contribution < 1.29 is 43.3 Å². The highest BCUT2D eigenvalue weighted by atomic mass is 32.1. The summed E-state index contributed by atoms with van der Waals surface area (Å²) in [5, 5.41) is 22.8. The van der Waals surface area contributed by atoms with Crippen LogP contribution < -0.4 is 25.4 Å². The summed E-state index contributed by atoms with van der Waals surface area (Å²) >= 11 is 1.46. The van der Waals surface area contributed by atoms with E-state index in [2.05, 4.69) is 20.9 Å². The lowest BCUT2D eigenvalue weighted by Crippen LogP contribution is -2.56. The molecule has 1 saturated heterocycles. The van der Waals surface area contributed by atoms with Crippen molar-refractivity contribution in [3.8, 4) is 22.9 Å². The lowest BCUT2D eigenvalue weighted by atomic mass is 9.87. The molecule has 1 saturated carbocycles. The molecule has 1 aromatic carbocycles. The van der Waals surface area contributed by atoms with E-state index in [4.69, 9.17) is 24.2 Å². The molecule has 2 aromatic heterocycles. The molecular formula is C50H63N7O9S. The molecule has 67 heavy (non-hydrogen) atoms. The van der Waals surface area contributed by atoms with Crippen LogP contribution in [0.25, 0.3) is 22.3 Å². The first-order valence-corrected chi connectivity index (χ1v) is 24.4. The fourth-order valence-electron chi connectivity index (χ4n) is 9.46. The van der Waals surface area contributed by atoms with Gasteiger partial charge in [-0.05, 0) is 63.7 Å². The number of thiazole rings is 1. The van der Waals surface area contributed by atoms with Crippen molar-refractivity contribution in [1.82, 2.24) is 30.4 Å². The van der Waals surface area contributed by atoms with Crippen molar-refractivity contribution in [3.05, 3.63) is 65.1 Å². The van der Waals surface area contributed by atoms with E-state index in [0.717, 1.165) is 35.5 Å². The Morgan fingerprint density at radius 2 is 1.90 bits per heavy atom. The van der Waals surface area contributed by atoms with Gasteiger partial charge in [0, 0.05) is 78.3 Å². The summed E-state index contributed by atoms with van der Waals surface area (Å²) in [5.41, 5.74) is 1.68. The van der Waals surface area contributed by atoms with Crippen molar-refractivity contribution in [1.29, 1.82) is 0 Å². The van der Waals surface area contributed by atoms with Gasteiger partial charge in [-0.2, -0.15) is 0 Å². The predicted molar refractivity (Wildman–Crippen MR) is 255 cm³/mol. The Morgan fingerprint density at radius 1 is 1.07 bits per heavy atom. The topological polar surface area (TPSA) is 202 Å². The number of aliphatic carboxylic acids is 1. The maximum absolute atomic E-state index is 15.0. The van der Waals surface area contributed by atoms with Gasteiger partial charge in [0.05, 0.1) is 24.9 Å². The summed E-state index contributed by atoms with van der Waals surface area (Å²) in [5.74, 6) is -1.44. The van der Waals surface area contributed by atoms with Crippen LogP contribution in [0.4, 0.5) is 9.93 Å². The highest BCUT2D eigenvalue weighted by molar-refractivity contribution is 7.14. The zero-order chi connectivity index (χ0) is 47.6. The lowest BCUT2D eigenvalue weighted by molar-refractivity contribution is -0.145. The minimum absolute atomic E-state index is 0.0205. The van der Waals surface area contributed by atoms with E-state index >= 15 is 4.79 Å². The van der Waals surface area contributed by atoms with Gasteiger partial charge in [-0.15, -0.1) is 11.3 Å². The number of amides is 3. The van der Waals surface area contributed by atoms with Gasteiger partial charge in [0.25, 0.3) is 0 Å². The smallest absolute Gasteiger partial charge is 0.408 e.